The lowest BCUT2D eigenvalue weighted by Gasteiger charge is -2.07. The average molecular weight is 427 g/mol. The molecule has 0 radical (unpaired) electrons. The maximum absolute atomic E-state index is 12.8. The highest BCUT2D eigenvalue weighted by Gasteiger charge is 2.30. The van der Waals surface area contributed by atoms with E-state index in [2.05, 4.69) is 5.32 Å². The minimum Gasteiger partial charge on any atom is -0.466 e. The molecular formula is C20H20F3NO6. The lowest BCUT2D eigenvalue weighted by atomic mass is 10.1. The number of hydrogen-bond acceptors (Lipinski definition) is 6. The van der Waals surface area contributed by atoms with Gasteiger partial charge in [0, 0.05) is 18.5 Å². The number of amides is 1. The summed E-state index contributed by atoms with van der Waals surface area (Å²) in [4.78, 5) is 34.8. The van der Waals surface area contributed by atoms with Crippen LogP contribution in [0.1, 0.15) is 35.9 Å². The van der Waals surface area contributed by atoms with Gasteiger partial charge in [0.05, 0.1) is 12.2 Å². The first kappa shape index (κ1) is 23.0. The molecule has 0 atom stereocenters. The van der Waals surface area contributed by atoms with Gasteiger partial charge in [0.15, 0.2) is 6.61 Å². The Labute approximate surface area is 170 Å². The normalized spacial score (nSPS) is 11.1. The molecule has 0 unspecified atom stereocenters. The number of nitrogens with one attached hydrogen (secondary N) is 1. The second kappa shape index (κ2) is 10.5. The summed E-state index contributed by atoms with van der Waals surface area (Å²) < 4.78 is 53.3. The van der Waals surface area contributed by atoms with Crippen LogP contribution >= 0.6 is 0 Å². The van der Waals surface area contributed by atoms with Gasteiger partial charge in [-0.1, -0.05) is 12.1 Å². The molecule has 0 aliphatic rings. The Morgan fingerprint density at radius 3 is 2.57 bits per heavy atom. The molecule has 0 spiro atoms. The molecule has 7 nitrogen and oxygen atoms in total. The van der Waals surface area contributed by atoms with E-state index in [0.29, 0.717) is 6.42 Å². The van der Waals surface area contributed by atoms with Gasteiger partial charge in [-0.05, 0) is 37.6 Å². The van der Waals surface area contributed by atoms with Crippen LogP contribution in [0.2, 0.25) is 0 Å². The van der Waals surface area contributed by atoms with Gasteiger partial charge in [0.2, 0.25) is 5.76 Å². The van der Waals surface area contributed by atoms with Gasteiger partial charge >= 0.3 is 18.1 Å². The largest absolute Gasteiger partial charge is 0.466 e. The third kappa shape index (κ3) is 6.94. The molecule has 2 aromatic rings. The van der Waals surface area contributed by atoms with Crippen LogP contribution in [0.3, 0.4) is 0 Å². The summed E-state index contributed by atoms with van der Waals surface area (Å²) in [6, 6.07) is 7.04. The van der Waals surface area contributed by atoms with Gasteiger partial charge in [0.1, 0.15) is 5.76 Å². The molecule has 0 aliphatic carbocycles. The van der Waals surface area contributed by atoms with E-state index in [1.54, 1.807) is 6.92 Å². The van der Waals surface area contributed by atoms with Crippen LogP contribution in [-0.4, -0.2) is 37.6 Å². The van der Waals surface area contributed by atoms with Crippen molar-refractivity contribution >= 4 is 17.8 Å². The SMILES string of the molecule is CCOC(=O)CCCNC(=O)COC(=O)c1ccc(-c2cccc(C(F)(F)F)c2)o1. The monoisotopic (exact) mass is 427 g/mol. The smallest absolute Gasteiger partial charge is 0.416 e. The first-order chi connectivity index (χ1) is 14.2. The number of esters is 2. The Morgan fingerprint density at radius 2 is 1.87 bits per heavy atom. The molecule has 10 heteroatoms. The number of carbonyl (C=O) groups excluding carboxylic acids is 3. The average Bonchev–Trinajstić information content (AvgIpc) is 3.19. The summed E-state index contributed by atoms with van der Waals surface area (Å²) in [6.45, 7) is 1.60. The van der Waals surface area contributed by atoms with Crippen LogP contribution < -0.4 is 5.32 Å². The van der Waals surface area contributed by atoms with Gasteiger partial charge < -0.3 is 19.2 Å². The van der Waals surface area contributed by atoms with Crippen molar-refractivity contribution in [3.05, 3.63) is 47.7 Å². The summed E-state index contributed by atoms with van der Waals surface area (Å²) in [5, 5.41) is 2.48. The second-order valence-electron chi connectivity index (χ2n) is 6.08. The third-order valence-corrected chi connectivity index (χ3v) is 3.80. The molecule has 0 bridgehead atoms. The summed E-state index contributed by atoms with van der Waals surface area (Å²) >= 11 is 0. The van der Waals surface area contributed by atoms with Crippen LogP contribution in [0.15, 0.2) is 40.8 Å². The number of halogens is 3. The van der Waals surface area contributed by atoms with E-state index in [4.69, 9.17) is 13.9 Å². The van der Waals surface area contributed by atoms with Gasteiger partial charge in [-0.2, -0.15) is 13.2 Å². The van der Waals surface area contributed by atoms with Gasteiger partial charge in [-0.15, -0.1) is 0 Å². The highest BCUT2D eigenvalue weighted by Crippen LogP contribution is 2.32. The maximum Gasteiger partial charge on any atom is 0.416 e. The van der Waals surface area contributed by atoms with E-state index in [0.717, 1.165) is 12.1 Å². The van der Waals surface area contributed by atoms with E-state index < -0.39 is 30.2 Å². The van der Waals surface area contributed by atoms with Crippen molar-refractivity contribution in [2.45, 2.75) is 25.9 Å². The number of hydrogen-bond donors (Lipinski definition) is 1. The van der Waals surface area contributed by atoms with E-state index >= 15 is 0 Å². The predicted molar refractivity (Wildman–Crippen MR) is 98.3 cm³/mol. The molecule has 0 aliphatic heterocycles. The Morgan fingerprint density at radius 1 is 1.10 bits per heavy atom. The first-order valence-corrected chi connectivity index (χ1v) is 9.07. The fraction of sp³-hybridized carbons (Fsp3) is 0.350. The zero-order chi connectivity index (χ0) is 22.1. The highest BCUT2D eigenvalue weighted by molar-refractivity contribution is 5.89. The fourth-order valence-corrected chi connectivity index (χ4v) is 2.40. The van der Waals surface area contributed by atoms with Crippen LogP contribution in [0, 0.1) is 0 Å². The number of alkyl halides is 3. The second-order valence-corrected chi connectivity index (χ2v) is 6.08. The van der Waals surface area contributed by atoms with Crippen molar-refractivity contribution in [2.24, 2.45) is 0 Å². The predicted octanol–water partition coefficient (Wildman–Crippen LogP) is 3.58. The summed E-state index contributed by atoms with van der Waals surface area (Å²) in [7, 11) is 0. The van der Waals surface area contributed by atoms with Crippen molar-refractivity contribution < 1.29 is 41.4 Å². The molecule has 30 heavy (non-hydrogen) atoms. The molecule has 1 aromatic carbocycles. The minimum atomic E-state index is -4.51. The Kier molecular flexibility index (Phi) is 8.02. The zero-order valence-corrected chi connectivity index (χ0v) is 16.1. The summed E-state index contributed by atoms with van der Waals surface area (Å²) in [5.74, 6) is -2.08. The maximum atomic E-state index is 12.8. The Balaban J connectivity index is 1.83. The van der Waals surface area contributed by atoms with Crippen LogP contribution in [0.25, 0.3) is 11.3 Å². The molecule has 1 amide bonds. The molecule has 162 valence electrons. The number of benzene rings is 1. The highest BCUT2D eigenvalue weighted by atomic mass is 19.4. The van der Waals surface area contributed by atoms with Gasteiger partial charge in [-0.3, -0.25) is 9.59 Å². The van der Waals surface area contributed by atoms with E-state index in [1.807, 2.05) is 0 Å². The molecule has 1 aromatic heterocycles. The van der Waals surface area contributed by atoms with Crippen molar-refractivity contribution in [1.29, 1.82) is 0 Å². The van der Waals surface area contributed by atoms with Gasteiger partial charge in [-0.25, -0.2) is 4.79 Å². The third-order valence-electron chi connectivity index (χ3n) is 3.80. The standard InChI is InChI=1S/C20H20F3NO6/c1-2-28-18(26)7-4-10-24-17(25)12-29-19(27)16-9-8-15(30-16)13-5-3-6-14(11-13)20(21,22)23/h3,5-6,8-9,11H,2,4,7,10,12H2,1H3,(H,24,25). The molecule has 1 N–H and O–H groups in total. The molecule has 2 rings (SSSR count). The summed E-state index contributed by atoms with van der Waals surface area (Å²) in [6.07, 6.45) is -3.98. The van der Waals surface area contributed by atoms with Crippen LogP contribution in [0.5, 0.6) is 0 Å². The quantitative estimate of drug-likeness (QED) is 0.486. The molecule has 0 saturated carbocycles. The fourth-order valence-electron chi connectivity index (χ4n) is 2.40. The van der Waals surface area contributed by atoms with Gasteiger partial charge in [0.25, 0.3) is 5.91 Å². The Bertz CT molecular complexity index is 891. The van der Waals surface area contributed by atoms with Crippen molar-refractivity contribution in [3.8, 4) is 11.3 Å². The summed E-state index contributed by atoms with van der Waals surface area (Å²) in [5.41, 5.74) is -0.705. The van der Waals surface area contributed by atoms with Crippen molar-refractivity contribution in [1.82, 2.24) is 5.32 Å². The topological polar surface area (TPSA) is 94.8 Å². The zero-order valence-electron chi connectivity index (χ0n) is 16.1. The molecule has 0 saturated heterocycles. The van der Waals surface area contributed by atoms with Crippen LogP contribution in [0.4, 0.5) is 13.2 Å². The number of rotatable bonds is 9. The number of ether oxygens (including phenoxy) is 2. The molecule has 1 heterocycles. The van der Waals surface area contributed by atoms with Crippen LogP contribution in [-0.2, 0) is 25.2 Å². The minimum absolute atomic E-state index is 0.0523. The van der Waals surface area contributed by atoms with E-state index in [1.165, 1.54) is 24.3 Å². The molecule has 0 fully saturated rings. The first-order valence-electron chi connectivity index (χ1n) is 9.07. The number of carbonyl (C=O) groups is 3. The van der Waals surface area contributed by atoms with E-state index in [-0.39, 0.29) is 42.6 Å². The van der Waals surface area contributed by atoms with Crippen molar-refractivity contribution in [3.63, 3.8) is 0 Å². The lowest BCUT2D eigenvalue weighted by molar-refractivity contribution is -0.143. The lowest BCUT2D eigenvalue weighted by Crippen LogP contribution is -2.29. The van der Waals surface area contributed by atoms with Crippen molar-refractivity contribution in [2.75, 3.05) is 19.8 Å². The number of furan rings is 1. The Hall–Kier alpha value is -3.30. The molecular weight excluding hydrogens is 407 g/mol. The van der Waals surface area contributed by atoms with E-state index in [9.17, 15) is 27.6 Å².